The normalized spacial score (nSPS) is 18.0. The number of likely N-dealkylation sites (tertiary alicyclic amines) is 1. The fraction of sp³-hybridized carbons (Fsp3) is 0.545. The van der Waals surface area contributed by atoms with Gasteiger partial charge in [0, 0.05) is 25.8 Å². The lowest BCUT2D eigenvalue weighted by molar-refractivity contribution is -0.128. The molecule has 0 saturated carbocycles. The van der Waals surface area contributed by atoms with Crippen LogP contribution in [0.1, 0.15) is 56.3 Å². The predicted octanol–water partition coefficient (Wildman–Crippen LogP) is 2.84. The highest BCUT2D eigenvalue weighted by atomic mass is 16.3. The zero-order chi connectivity index (χ0) is 20.3. The molecule has 1 amide bonds. The summed E-state index contributed by atoms with van der Waals surface area (Å²) >= 11 is 0. The number of carbonyl (C=O) groups excluding carboxylic acids is 1. The highest BCUT2D eigenvalue weighted by Gasteiger charge is 2.28. The first-order valence-electron chi connectivity index (χ1n) is 10.6. The number of unbranched alkanes of at least 4 members (excludes halogenated alkanes) is 4. The van der Waals surface area contributed by atoms with Crippen LogP contribution in [0.3, 0.4) is 0 Å². The molecular formula is C22H31N5O2. The minimum atomic E-state index is -0.519. The Kier molecular flexibility index (Phi) is 8.37. The molecule has 0 bridgehead atoms. The van der Waals surface area contributed by atoms with Crippen molar-refractivity contribution < 1.29 is 9.90 Å². The molecule has 1 saturated heterocycles. The van der Waals surface area contributed by atoms with E-state index in [1.165, 1.54) is 0 Å². The molecule has 29 heavy (non-hydrogen) atoms. The molecule has 1 aromatic carbocycles. The summed E-state index contributed by atoms with van der Waals surface area (Å²) in [6, 6.07) is 10.1. The largest absolute Gasteiger partial charge is 0.389 e. The molecule has 0 radical (unpaired) electrons. The van der Waals surface area contributed by atoms with Crippen LogP contribution in [0.4, 0.5) is 0 Å². The first-order chi connectivity index (χ1) is 14.2. The minimum Gasteiger partial charge on any atom is -0.389 e. The van der Waals surface area contributed by atoms with Crippen LogP contribution in [-0.2, 0) is 17.6 Å². The van der Waals surface area contributed by atoms with Crippen LogP contribution < -0.4 is 0 Å². The first kappa shape index (κ1) is 21.2. The second-order valence-electron chi connectivity index (χ2n) is 7.68. The molecule has 156 valence electrons. The summed E-state index contributed by atoms with van der Waals surface area (Å²) in [5.74, 6) is 1.01. The molecule has 2 atom stereocenters. The predicted molar refractivity (Wildman–Crippen MR) is 111 cm³/mol. The van der Waals surface area contributed by atoms with Crippen molar-refractivity contribution in [2.45, 2.75) is 69.9 Å². The summed E-state index contributed by atoms with van der Waals surface area (Å²) in [6.45, 7) is 0.799. The quantitative estimate of drug-likeness (QED) is 0.424. The summed E-state index contributed by atoms with van der Waals surface area (Å²) < 4.78 is 0. The van der Waals surface area contributed by atoms with Crippen molar-refractivity contribution in [1.29, 1.82) is 0 Å². The van der Waals surface area contributed by atoms with Crippen LogP contribution in [0.5, 0.6) is 0 Å². The number of H-pyrrole nitrogens is 1. The van der Waals surface area contributed by atoms with Crippen molar-refractivity contribution >= 4 is 5.91 Å². The minimum absolute atomic E-state index is 0.117. The van der Waals surface area contributed by atoms with E-state index in [9.17, 15) is 9.90 Å². The van der Waals surface area contributed by atoms with Gasteiger partial charge in [0.15, 0.2) is 5.82 Å². The van der Waals surface area contributed by atoms with Gasteiger partial charge in [-0.1, -0.05) is 67.0 Å². The third kappa shape index (κ3) is 7.09. The average molecular weight is 398 g/mol. The number of amides is 1. The number of aromatic amines is 1. The fourth-order valence-electron chi connectivity index (χ4n) is 3.81. The summed E-state index contributed by atoms with van der Waals surface area (Å²) in [7, 11) is 0. The van der Waals surface area contributed by atoms with E-state index in [0.717, 1.165) is 62.9 Å². The Balaban J connectivity index is 1.33. The smallest absolute Gasteiger partial charge is 0.223 e. The standard InChI is InChI=1S/C22H31N5O2/c28-20(17-18-9-5-4-6-10-18)14-12-19-13-15-22(29)27(19)16-8-3-1-2-7-11-21-23-25-26-24-21/h4-6,9-10,12,14,19-20,28H,1-3,7-8,11,13,15-17H2,(H,23,24,25,26)/b14-12+/t19-,20+/m0/s1. The van der Waals surface area contributed by atoms with Crippen molar-refractivity contribution in [3.8, 4) is 0 Å². The van der Waals surface area contributed by atoms with E-state index in [0.29, 0.717) is 12.8 Å². The number of nitrogens with zero attached hydrogens (tertiary/aromatic N) is 4. The number of carbonyl (C=O) groups is 1. The van der Waals surface area contributed by atoms with Crippen LogP contribution in [0, 0.1) is 0 Å². The van der Waals surface area contributed by atoms with Gasteiger partial charge >= 0.3 is 0 Å². The molecule has 0 aliphatic carbocycles. The lowest BCUT2D eigenvalue weighted by Gasteiger charge is -2.22. The van der Waals surface area contributed by atoms with Crippen molar-refractivity contribution in [1.82, 2.24) is 25.5 Å². The number of aryl methyl sites for hydroxylation is 1. The highest BCUT2D eigenvalue weighted by Crippen LogP contribution is 2.21. The van der Waals surface area contributed by atoms with Gasteiger partial charge in [-0.2, -0.15) is 5.21 Å². The highest BCUT2D eigenvalue weighted by molar-refractivity contribution is 5.79. The van der Waals surface area contributed by atoms with Gasteiger partial charge in [0.05, 0.1) is 12.1 Å². The number of aromatic nitrogens is 4. The molecule has 7 nitrogen and oxygen atoms in total. The zero-order valence-electron chi connectivity index (χ0n) is 16.9. The SMILES string of the molecule is O=C1CC[C@H](/C=C/[C@@H](O)Cc2ccccc2)N1CCCCCCCc1nn[nH]n1. The summed E-state index contributed by atoms with van der Waals surface area (Å²) in [5.41, 5.74) is 1.11. The molecule has 1 aliphatic heterocycles. The monoisotopic (exact) mass is 397 g/mol. The molecular weight excluding hydrogens is 366 g/mol. The number of hydrogen-bond acceptors (Lipinski definition) is 5. The first-order valence-corrected chi connectivity index (χ1v) is 10.6. The molecule has 3 rings (SSSR count). The molecule has 0 spiro atoms. The maximum absolute atomic E-state index is 12.2. The second kappa shape index (κ2) is 11.5. The van der Waals surface area contributed by atoms with Crippen molar-refractivity contribution in [2.24, 2.45) is 0 Å². The van der Waals surface area contributed by atoms with Crippen LogP contribution >= 0.6 is 0 Å². The van der Waals surface area contributed by atoms with E-state index < -0.39 is 6.10 Å². The second-order valence-corrected chi connectivity index (χ2v) is 7.68. The topological polar surface area (TPSA) is 95.0 Å². The zero-order valence-corrected chi connectivity index (χ0v) is 16.9. The fourth-order valence-corrected chi connectivity index (χ4v) is 3.81. The third-order valence-electron chi connectivity index (χ3n) is 5.41. The van der Waals surface area contributed by atoms with E-state index >= 15 is 0 Å². The van der Waals surface area contributed by atoms with E-state index in [2.05, 4.69) is 20.6 Å². The van der Waals surface area contributed by atoms with Gasteiger partial charge in [0.25, 0.3) is 0 Å². The molecule has 7 heteroatoms. The van der Waals surface area contributed by atoms with Crippen LogP contribution in [0.2, 0.25) is 0 Å². The number of aliphatic hydroxyl groups excluding tert-OH is 1. The van der Waals surface area contributed by atoms with Gasteiger partial charge in [0.2, 0.25) is 5.91 Å². The van der Waals surface area contributed by atoms with Gasteiger partial charge in [0.1, 0.15) is 0 Å². The lowest BCUT2D eigenvalue weighted by Crippen LogP contribution is -2.32. The van der Waals surface area contributed by atoms with Gasteiger partial charge in [-0.3, -0.25) is 4.79 Å². The summed E-state index contributed by atoms with van der Waals surface area (Å²) in [4.78, 5) is 14.2. The van der Waals surface area contributed by atoms with Gasteiger partial charge in [-0.05, 0) is 24.8 Å². The lowest BCUT2D eigenvalue weighted by atomic mass is 10.1. The maximum atomic E-state index is 12.2. The van der Waals surface area contributed by atoms with Gasteiger partial charge < -0.3 is 10.0 Å². The Bertz CT molecular complexity index is 748. The molecule has 1 aromatic heterocycles. The molecule has 2 heterocycles. The maximum Gasteiger partial charge on any atom is 0.223 e. The number of hydrogen-bond donors (Lipinski definition) is 2. The Morgan fingerprint density at radius 3 is 2.76 bits per heavy atom. The van der Waals surface area contributed by atoms with E-state index in [4.69, 9.17) is 0 Å². The Morgan fingerprint density at radius 2 is 1.97 bits per heavy atom. The summed E-state index contributed by atoms with van der Waals surface area (Å²) in [5, 5.41) is 24.2. The Morgan fingerprint density at radius 1 is 1.17 bits per heavy atom. The number of tetrazole rings is 1. The molecule has 2 N–H and O–H groups in total. The van der Waals surface area contributed by atoms with E-state index in [-0.39, 0.29) is 11.9 Å². The summed E-state index contributed by atoms with van der Waals surface area (Å²) in [6.07, 6.45) is 11.7. The number of benzene rings is 1. The Hall–Kier alpha value is -2.54. The van der Waals surface area contributed by atoms with Gasteiger partial charge in [-0.25, -0.2) is 0 Å². The van der Waals surface area contributed by atoms with Crippen LogP contribution in [0.25, 0.3) is 0 Å². The molecule has 2 aromatic rings. The van der Waals surface area contributed by atoms with Crippen LogP contribution in [0.15, 0.2) is 42.5 Å². The van der Waals surface area contributed by atoms with E-state index in [1.807, 2.05) is 47.4 Å². The number of aliphatic hydroxyl groups is 1. The molecule has 0 unspecified atom stereocenters. The molecule has 1 fully saturated rings. The Labute approximate surface area is 172 Å². The van der Waals surface area contributed by atoms with Gasteiger partial charge in [-0.15, -0.1) is 10.2 Å². The van der Waals surface area contributed by atoms with Crippen molar-refractivity contribution in [2.75, 3.05) is 6.54 Å². The van der Waals surface area contributed by atoms with Crippen molar-refractivity contribution in [3.63, 3.8) is 0 Å². The van der Waals surface area contributed by atoms with Crippen LogP contribution in [-0.4, -0.2) is 55.2 Å². The van der Waals surface area contributed by atoms with E-state index in [1.54, 1.807) is 0 Å². The number of rotatable bonds is 12. The number of nitrogens with one attached hydrogen (secondary N) is 1. The van der Waals surface area contributed by atoms with Crippen molar-refractivity contribution in [3.05, 3.63) is 53.9 Å². The average Bonchev–Trinajstić information content (AvgIpc) is 3.36. The third-order valence-corrected chi connectivity index (χ3v) is 5.41. The molecule has 1 aliphatic rings.